The molecular formula is C21H32N2O5. The van der Waals surface area contributed by atoms with Crippen molar-refractivity contribution in [1.29, 1.82) is 0 Å². The second-order valence-corrected chi connectivity index (χ2v) is 7.38. The molecule has 7 heteroatoms. The Hall–Kier alpha value is -1.64. The zero-order valence-electron chi connectivity index (χ0n) is 16.7. The standard InChI is InChI=1S/C21H32N2O5/c1-3-9-23(4-2)10-8-14-12-22-15-6-5-7-17(20(14)15)27-19-11-16(25)21(26)18(13-24)28-19/h5-7,12,16,18-19,21-22,24-26H,3-4,8-11,13H2,1-2H3/t16-,18-,19-,21+/m1/s1. The first kappa shape index (κ1) is 21.1. The lowest BCUT2D eigenvalue weighted by atomic mass is 10.0. The third-order valence-corrected chi connectivity index (χ3v) is 5.41. The van der Waals surface area contributed by atoms with Gasteiger partial charge < -0.3 is 34.7 Å². The minimum absolute atomic E-state index is 0.147. The lowest BCUT2D eigenvalue weighted by Gasteiger charge is -2.36. The van der Waals surface area contributed by atoms with Crippen molar-refractivity contribution in [2.24, 2.45) is 0 Å². The Balaban J connectivity index is 1.77. The SMILES string of the molecule is CCCN(CC)CCc1c[nH]c2cccc(O[C@H]3C[C@@H](O)[C@H](O)[C@@H](CO)O3)c12. The fraction of sp³-hybridized carbons (Fsp3) is 0.619. The maximum atomic E-state index is 10.0. The highest BCUT2D eigenvalue weighted by Crippen LogP contribution is 2.32. The molecule has 0 amide bonds. The van der Waals surface area contributed by atoms with Gasteiger partial charge in [0.15, 0.2) is 0 Å². The van der Waals surface area contributed by atoms with E-state index in [4.69, 9.17) is 9.47 Å². The fourth-order valence-corrected chi connectivity index (χ4v) is 3.82. The summed E-state index contributed by atoms with van der Waals surface area (Å²) in [7, 11) is 0. The molecule has 1 aliphatic heterocycles. The predicted molar refractivity (Wildman–Crippen MR) is 107 cm³/mol. The van der Waals surface area contributed by atoms with Crippen molar-refractivity contribution in [1.82, 2.24) is 9.88 Å². The molecule has 28 heavy (non-hydrogen) atoms. The van der Waals surface area contributed by atoms with E-state index in [2.05, 4.69) is 23.7 Å². The smallest absolute Gasteiger partial charge is 0.202 e. The summed E-state index contributed by atoms with van der Waals surface area (Å²) in [6.07, 6.45) is 0.523. The number of fused-ring (bicyclic) bond motifs is 1. The Morgan fingerprint density at radius 3 is 2.79 bits per heavy atom. The number of benzene rings is 1. The molecule has 0 bridgehead atoms. The van der Waals surface area contributed by atoms with Crippen LogP contribution >= 0.6 is 0 Å². The Labute approximate surface area is 165 Å². The number of aliphatic hydroxyl groups excluding tert-OH is 3. The van der Waals surface area contributed by atoms with Crippen LogP contribution in [0.5, 0.6) is 5.75 Å². The quantitative estimate of drug-likeness (QED) is 0.518. The number of aromatic amines is 1. The van der Waals surface area contributed by atoms with Gasteiger partial charge in [-0.3, -0.25) is 0 Å². The maximum Gasteiger partial charge on any atom is 0.202 e. The summed E-state index contributed by atoms with van der Waals surface area (Å²) in [4.78, 5) is 5.73. The van der Waals surface area contributed by atoms with Crippen molar-refractivity contribution in [2.45, 2.75) is 57.7 Å². The van der Waals surface area contributed by atoms with E-state index in [1.165, 1.54) is 5.56 Å². The van der Waals surface area contributed by atoms with Gasteiger partial charge in [-0.25, -0.2) is 0 Å². The van der Waals surface area contributed by atoms with Crippen molar-refractivity contribution in [3.8, 4) is 5.75 Å². The van der Waals surface area contributed by atoms with Gasteiger partial charge in [-0.2, -0.15) is 0 Å². The number of rotatable bonds is 9. The number of aromatic nitrogens is 1. The lowest BCUT2D eigenvalue weighted by Crippen LogP contribution is -2.51. The molecule has 1 aromatic heterocycles. The first-order valence-corrected chi connectivity index (χ1v) is 10.2. The summed E-state index contributed by atoms with van der Waals surface area (Å²) in [6, 6.07) is 5.80. The summed E-state index contributed by atoms with van der Waals surface area (Å²) in [5, 5.41) is 30.3. The van der Waals surface area contributed by atoms with Crippen LogP contribution in [0.1, 0.15) is 32.3 Å². The number of nitrogens with zero attached hydrogens (tertiary/aromatic N) is 1. The van der Waals surface area contributed by atoms with Gasteiger partial charge in [-0.1, -0.05) is 19.9 Å². The van der Waals surface area contributed by atoms with E-state index in [9.17, 15) is 15.3 Å². The minimum Gasteiger partial charge on any atom is -0.464 e. The first-order valence-electron chi connectivity index (χ1n) is 10.2. The van der Waals surface area contributed by atoms with Crippen molar-refractivity contribution in [3.05, 3.63) is 30.0 Å². The summed E-state index contributed by atoms with van der Waals surface area (Å²) in [6.45, 7) is 7.08. The largest absolute Gasteiger partial charge is 0.464 e. The minimum atomic E-state index is -1.11. The Kier molecular flexibility index (Phi) is 7.31. The van der Waals surface area contributed by atoms with Crippen LogP contribution in [-0.2, 0) is 11.2 Å². The molecule has 0 unspecified atom stereocenters. The lowest BCUT2D eigenvalue weighted by molar-refractivity contribution is -0.229. The van der Waals surface area contributed by atoms with Gasteiger partial charge in [0.2, 0.25) is 6.29 Å². The van der Waals surface area contributed by atoms with E-state index in [0.29, 0.717) is 5.75 Å². The molecule has 4 atom stereocenters. The van der Waals surface area contributed by atoms with Crippen molar-refractivity contribution >= 4 is 10.9 Å². The molecule has 0 radical (unpaired) electrons. The van der Waals surface area contributed by atoms with Crippen molar-refractivity contribution in [2.75, 3.05) is 26.2 Å². The van der Waals surface area contributed by atoms with Crippen LogP contribution < -0.4 is 4.74 Å². The average molecular weight is 392 g/mol. The van der Waals surface area contributed by atoms with Crippen LogP contribution in [0.3, 0.4) is 0 Å². The Morgan fingerprint density at radius 2 is 2.07 bits per heavy atom. The molecule has 2 heterocycles. The molecular weight excluding hydrogens is 360 g/mol. The maximum absolute atomic E-state index is 10.0. The van der Waals surface area contributed by atoms with Crippen LogP contribution in [0.4, 0.5) is 0 Å². The van der Waals surface area contributed by atoms with Crippen LogP contribution in [-0.4, -0.2) is 76.0 Å². The normalized spacial score (nSPS) is 25.5. The molecule has 156 valence electrons. The molecule has 0 saturated carbocycles. The number of likely N-dealkylation sites (N-methyl/N-ethyl adjacent to an activating group) is 1. The molecule has 1 fully saturated rings. The van der Waals surface area contributed by atoms with E-state index >= 15 is 0 Å². The first-order chi connectivity index (χ1) is 13.6. The molecule has 1 saturated heterocycles. The zero-order valence-corrected chi connectivity index (χ0v) is 16.7. The molecule has 7 nitrogen and oxygen atoms in total. The van der Waals surface area contributed by atoms with Crippen molar-refractivity contribution in [3.63, 3.8) is 0 Å². The van der Waals surface area contributed by atoms with Crippen LogP contribution in [0.2, 0.25) is 0 Å². The van der Waals surface area contributed by atoms with Crippen LogP contribution in [0.15, 0.2) is 24.4 Å². The second-order valence-electron chi connectivity index (χ2n) is 7.38. The van der Waals surface area contributed by atoms with Crippen LogP contribution in [0.25, 0.3) is 10.9 Å². The number of hydrogen-bond donors (Lipinski definition) is 4. The molecule has 0 spiro atoms. The molecule has 3 rings (SSSR count). The van der Waals surface area contributed by atoms with E-state index in [0.717, 1.165) is 43.4 Å². The van der Waals surface area contributed by atoms with Gasteiger partial charge in [0.1, 0.15) is 18.0 Å². The van der Waals surface area contributed by atoms with Crippen LogP contribution in [0, 0.1) is 0 Å². The Bertz CT molecular complexity index is 749. The number of H-pyrrole nitrogens is 1. The van der Waals surface area contributed by atoms with Gasteiger partial charge in [0.25, 0.3) is 0 Å². The molecule has 1 aliphatic rings. The summed E-state index contributed by atoms with van der Waals surface area (Å²) >= 11 is 0. The molecule has 0 aliphatic carbocycles. The van der Waals surface area contributed by atoms with Crippen molar-refractivity contribution < 1.29 is 24.8 Å². The van der Waals surface area contributed by atoms with Gasteiger partial charge in [0.05, 0.1) is 12.7 Å². The number of nitrogens with one attached hydrogen (secondary N) is 1. The summed E-state index contributed by atoms with van der Waals surface area (Å²) in [5.74, 6) is 0.678. The monoisotopic (exact) mass is 392 g/mol. The van der Waals surface area contributed by atoms with Gasteiger partial charge in [-0.15, -0.1) is 0 Å². The topological polar surface area (TPSA) is 98.2 Å². The van der Waals surface area contributed by atoms with Gasteiger partial charge in [-0.05, 0) is 43.6 Å². The number of hydrogen-bond acceptors (Lipinski definition) is 6. The molecule has 1 aromatic carbocycles. The van der Waals surface area contributed by atoms with E-state index in [1.54, 1.807) is 0 Å². The third kappa shape index (κ3) is 4.67. The number of aliphatic hydroxyl groups is 3. The second kappa shape index (κ2) is 9.71. The predicted octanol–water partition coefficient (Wildman–Crippen LogP) is 1.65. The molecule has 4 N–H and O–H groups in total. The van der Waals surface area contributed by atoms with E-state index in [-0.39, 0.29) is 13.0 Å². The van der Waals surface area contributed by atoms with E-state index in [1.807, 2.05) is 24.4 Å². The summed E-state index contributed by atoms with van der Waals surface area (Å²) < 4.78 is 11.7. The Morgan fingerprint density at radius 1 is 1.25 bits per heavy atom. The summed E-state index contributed by atoms with van der Waals surface area (Å²) in [5.41, 5.74) is 2.16. The molecule has 2 aromatic rings. The highest BCUT2D eigenvalue weighted by atomic mass is 16.7. The fourth-order valence-electron chi connectivity index (χ4n) is 3.82. The average Bonchev–Trinajstić information content (AvgIpc) is 3.12. The van der Waals surface area contributed by atoms with Gasteiger partial charge in [0, 0.05) is 30.1 Å². The van der Waals surface area contributed by atoms with Gasteiger partial charge >= 0.3 is 0 Å². The number of ether oxygens (including phenoxy) is 2. The highest BCUT2D eigenvalue weighted by molar-refractivity contribution is 5.89. The van der Waals surface area contributed by atoms with E-state index < -0.39 is 24.6 Å². The highest BCUT2D eigenvalue weighted by Gasteiger charge is 2.37. The zero-order chi connectivity index (χ0) is 20.1. The third-order valence-electron chi connectivity index (χ3n) is 5.41.